The molecule has 1 aliphatic heterocycles. The molecule has 1 aromatic heterocycles. The zero-order valence-corrected chi connectivity index (χ0v) is 16.5. The highest BCUT2D eigenvalue weighted by molar-refractivity contribution is 6.35. The normalized spacial score (nSPS) is 14.9. The molecule has 148 valence electrons. The van der Waals surface area contributed by atoms with Crippen LogP contribution in [-0.4, -0.2) is 22.5 Å². The number of benzene rings is 2. The van der Waals surface area contributed by atoms with Crippen molar-refractivity contribution in [1.29, 1.82) is 0 Å². The van der Waals surface area contributed by atoms with Crippen molar-refractivity contribution in [2.75, 3.05) is 10.6 Å². The van der Waals surface area contributed by atoms with Gasteiger partial charge in [0.1, 0.15) is 17.4 Å². The van der Waals surface area contributed by atoms with Gasteiger partial charge in [0, 0.05) is 24.5 Å². The Morgan fingerprint density at radius 3 is 2.41 bits per heavy atom. The first-order chi connectivity index (χ1) is 13.8. The quantitative estimate of drug-likeness (QED) is 0.688. The van der Waals surface area contributed by atoms with Gasteiger partial charge in [0.25, 0.3) is 5.91 Å². The molecule has 1 atom stereocenters. The molecule has 2 heterocycles. The standard InChI is InChI=1S/C21H18ClN3O4/c1-11-9-25-10-15(20(27)18-16(22)7-8-17(29-11)19(18)25)21(28)24-14-5-3-13(4-6-14)23-12(2)26/h3-8,10-11H,9H2,1-2H3,(H,23,26)(H,24,28)/t11-/m0/s1. The van der Waals surface area contributed by atoms with E-state index in [0.717, 1.165) is 0 Å². The molecule has 29 heavy (non-hydrogen) atoms. The summed E-state index contributed by atoms with van der Waals surface area (Å²) in [5.41, 5.74) is 1.25. The number of ether oxygens (including phenoxy) is 1. The van der Waals surface area contributed by atoms with Crippen molar-refractivity contribution < 1.29 is 14.3 Å². The third-order valence-electron chi connectivity index (χ3n) is 4.62. The third kappa shape index (κ3) is 3.56. The van der Waals surface area contributed by atoms with E-state index in [4.69, 9.17) is 16.3 Å². The van der Waals surface area contributed by atoms with Crippen molar-refractivity contribution in [2.24, 2.45) is 0 Å². The first kappa shape index (κ1) is 19.0. The fourth-order valence-electron chi connectivity index (χ4n) is 3.43. The summed E-state index contributed by atoms with van der Waals surface area (Å²) in [5.74, 6) is -0.149. The third-order valence-corrected chi connectivity index (χ3v) is 4.94. The van der Waals surface area contributed by atoms with E-state index >= 15 is 0 Å². The Hall–Kier alpha value is -3.32. The van der Waals surface area contributed by atoms with Gasteiger partial charge in [-0.15, -0.1) is 0 Å². The number of pyridine rings is 1. The van der Waals surface area contributed by atoms with E-state index in [1.54, 1.807) is 42.6 Å². The molecule has 2 aromatic carbocycles. The lowest BCUT2D eigenvalue weighted by Gasteiger charge is -2.26. The number of nitrogens with zero attached hydrogens (tertiary/aromatic N) is 1. The topological polar surface area (TPSA) is 89.4 Å². The minimum Gasteiger partial charge on any atom is -0.487 e. The number of halogens is 1. The molecule has 2 amide bonds. The summed E-state index contributed by atoms with van der Waals surface area (Å²) in [6, 6.07) is 9.95. The maximum atomic E-state index is 13.0. The van der Waals surface area contributed by atoms with E-state index in [1.165, 1.54) is 6.92 Å². The summed E-state index contributed by atoms with van der Waals surface area (Å²) in [7, 11) is 0. The van der Waals surface area contributed by atoms with Gasteiger partial charge in [-0.25, -0.2) is 0 Å². The number of hydrogen-bond donors (Lipinski definition) is 2. The Balaban J connectivity index is 1.72. The summed E-state index contributed by atoms with van der Waals surface area (Å²) >= 11 is 6.28. The molecule has 0 aliphatic carbocycles. The SMILES string of the molecule is CC(=O)Nc1ccc(NC(=O)c2cn3c4c(ccc(Cl)c4c2=O)O[C@@H](C)C3)cc1. The number of carbonyl (C=O) groups is 2. The molecule has 0 spiro atoms. The van der Waals surface area contributed by atoms with Gasteiger partial charge in [-0.1, -0.05) is 11.6 Å². The second kappa shape index (κ2) is 7.25. The molecule has 0 fully saturated rings. The van der Waals surface area contributed by atoms with Crippen LogP contribution in [0.3, 0.4) is 0 Å². The molecule has 1 aliphatic rings. The summed E-state index contributed by atoms with van der Waals surface area (Å²) in [5, 5.41) is 5.91. The zero-order valence-electron chi connectivity index (χ0n) is 15.8. The van der Waals surface area contributed by atoms with Crippen molar-refractivity contribution in [2.45, 2.75) is 26.5 Å². The highest BCUT2D eigenvalue weighted by Gasteiger charge is 2.24. The second-order valence-corrected chi connectivity index (χ2v) is 7.34. The molecule has 3 aromatic rings. The van der Waals surface area contributed by atoms with Crippen LogP contribution in [0.2, 0.25) is 5.02 Å². The van der Waals surface area contributed by atoms with E-state index in [2.05, 4.69) is 10.6 Å². The summed E-state index contributed by atoms with van der Waals surface area (Å²) in [4.78, 5) is 37.0. The number of amides is 2. The summed E-state index contributed by atoms with van der Waals surface area (Å²) < 4.78 is 7.63. The molecule has 0 radical (unpaired) electrons. The van der Waals surface area contributed by atoms with E-state index in [-0.39, 0.29) is 28.0 Å². The predicted molar refractivity (Wildman–Crippen MR) is 112 cm³/mol. The van der Waals surface area contributed by atoms with Crippen LogP contribution in [0.15, 0.2) is 47.4 Å². The van der Waals surface area contributed by atoms with Crippen LogP contribution >= 0.6 is 11.6 Å². The number of hydrogen-bond acceptors (Lipinski definition) is 4. The molecule has 0 saturated heterocycles. The highest BCUT2D eigenvalue weighted by Crippen LogP contribution is 2.33. The Kier molecular flexibility index (Phi) is 4.76. The fourth-order valence-corrected chi connectivity index (χ4v) is 3.67. The van der Waals surface area contributed by atoms with Crippen LogP contribution in [-0.2, 0) is 11.3 Å². The molecular formula is C21H18ClN3O4. The lowest BCUT2D eigenvalue weighted by Crippen LogP contribution is -2.30. The summed E-state index contributed by atoms with van der Waals surface area (Å²) in [6.07, 6.45) is 1.44. The number of carbonyl (C=O) groups excluding carboxylic acids is 2. The van der Waals surface area contributed by atoms with Crippen molar-refractivity contribution in [3.05, 3.63) is 63.4 Å². The number of aromatic nitrogens is 1. The van der Waals surface area contributed by atoms with Crippen molar-refractivity contribution in [3.63, 3.8) is 0 Å². The van der Waals surface area contributed by atoms with Crippen LogP contribution in [0.5, 0.6) is 5.75 Å². The van der Waals surface area contributed by atoms with Gasteiger partial charge < -0.3 is 19.9 Å². The Labute approximate surface area is 171 Å². The molecule has 2 N–H and O–H groups in total. The van der Waals surface area contributed by atoms with Crippen LogP contribution in [0.25, 0.3) is 10.9 Å². The molecule has 0 unspecified atom stereocenters. The second-order valence-electron chi connectivity index (χ2n) is 6.93. The van der Waals surface area contributed by atoms with Gasteiger partial charge >= 0.3 is 0 Å². The van der Waals surface area contributed by atoms with Crippen LogP contribution in [0.4, 0.5) is 11.4 Å². The van der Waals surface area contributed by atoms with Gasteiger partial charge in [-0.2, -0.15) is 0 Å². The number of anilines is 2. The lowest BCUT2D eigenvalue weighted by molar-refractivity contribution is -0.114. The van der Waals surface area contributed by atoms with E-state index in [1.807, 2.05) is 11.5 Å². The zero-order chi connectivity index (χ0) is 20.7. The lowest BCUT2D eigenvalue weighted by atomic mass is 10.1. The van der Waals surface area contributed by atoms with Crippen molar-refractivity contribution in [1.82, 2.24) is 4.57 Å². The minimum absolute atomic E-state index is 0.00316. The Morgan fingerprint density at radius 1 is 1.10 bits per heavy atom. The number of nitrogens with one attached hydrogen (secondary N) is 2. The smallest absolute Gasteiger partial charge is 0.261 e. The molecule has 4 rings (SSSR count). The van der Waals surface area contributed by atoms with E-state index < -0.39 is 11.3 Å². The van der Waals surface area contributed by atoms with Gasteiger partial charge in [0.15, 0.2) is 0 Å². The van der Waals surface area contributed by atoms with Gasteiger partial charge in [-0.3, -0.25) is 14.4 Å². The maximum absolute atomic E-state index is 13.0. The van der Waals surface area contributed by atoms with Gasteiger partial charge in [0.05, 0.1) is 22.5 Å². The van der Waals surface area contributed by atoms with Crippen molar-refractivity contribution >= 4 is 45.7 Å². The first-order valence-electron chi connectivity index (χ1n) is 9.05. The highest BCUT2D eigenvalue weighted by atomic mass is 35.5. The average molecular weight is 412 g/mol. The molecule has 7 nitrogen and oxygen atoms in total. The molecule has 0 bridgehead atoms. The van der Waals surface area contributed by atoms with E-state index in [9.17, 15) is 14.4 Å². The Morgan fingerprint density at radius 2 is 1.76 bits per heavy atom. The molecule has 8 heteroatoms. The fraction of sp³-hybridized carbons (Fsp3) is 0.190. The monoisotopic (exact) mass is 411 g/mol. The maximum Gasteiger partial charge on any atom is 0.261 e. The average Bonchev–Trinajstić information content (AvgIpc) is 2.66. The first-order valence-corrected chi connectivity index (χ1v) is 9.42. The van der Waals surface area contributed by atoms with Crippen LogP contribution in [0, 0.1) is 0 Å². The van der Waals surface area contributed by atoms with Gasteiger partial charge in [0.2, 0.25) is 11.3 Å². The Bertz CT molecular complexity index is 1200. The van der Waals surface area contributed by atoms with Gasteiger partial charge in [-0.05, 0) is 43.3 Å². The van der Waals surface area contributed by atoms with Crippen LogP contribution < -0.4 is 20.8 Å². The molecular weight excluding hydrogens is 394 g/mol. The van der Waals surface area contributed by atoms with E-state index in [0.29, 0.717) is 29.2 Å². The number of rotatable bonds is 3. The molecule has 0 saturated carbocycles. The summed E-state index contributed by atoms with van der Waals surface area (Å²) in [6.45, 7) is 3.82. The minimum atomic E-state index is -0.534. The predicted octanol–water partition coefficient (Wildman–Crippen LogP) is 3.65. The van der Waals surface area contributed by atoms with Crippen LogP contribution in [0.1, 0.15) is 24.2 Å². The van der Waals surface area contributed by atoms with Crippen molar-refractivity contribution in [3.8, 4) is 5.75 Å². The largest absolute Gasteiger partial charge is 0.487 e.